The minimum Gasteiger partial charge on any atom is -0.444 e. The summed E-state index contributed by atoms with van der Waals surface area (Å²) in [6, 6.07) is 81.0. The van der Waals surface area contributed by atoms with Crippen LogP contribution in [0.15, 0.2) is 243 Å². The van der Waals surface area contributed by atoms with Gasteiger partial charge in [0.1, 0.15) is 17.2 Å². The first-order valence-corrected chi connectivity index (χ1v) is 58.6. The number of alkyl carbamates (subject to hydrolysis) is 1. The van der Waals surface area contributed by atoms with Crippen LogP contribution in [0.4, 0.5) is 13.6 Å². The Morgan fingerprint density at radius 3 is 1.10 bits per heavy atom. The van der Waals surface area contributed by atoms with Crippen LogP contribution in [0, 0.1) is 11.6 Å². The highest BCUT2D eigenvalue weighted by Gasteiger charge is 2.56. The molecule has 1 amide bonds. The molecule has 11 aromatic carbocycles. The van der Waals surface area contributed by atoms with Gasteiger partial charge < -0.3 is 74.3 Å². The van der Waals surface area contributed by atoms with Gasteiger partial charge in [-0.1, -0.05) is 293 Å². The average Bonchev–Trinajstić information content (AvgIpc) is 0.920. The van der Waals surface area contributed by atoms with Gasteiger partial charge in [-0.3, -0.25) is 14.7 Å². The Balaban J connectivity index is 0.000000135. The fourth-order valence-corrected chi connectivity index (χ4v) is 35.9. The van der Waals surface area contributed by atoms with Crippen molar-refractivity contribution in [1.29, 1.82) is 0 Å². The quantitative estimate of drug-likeness (QED) is 0.0422. The molecular formula is C121H150Cl6F2N8O11Si2. The molecule has 11 aromatic rings. The monoisotopic (exact) mass is 2190 g/mol. The number of benzene rings is 11. The van der Waals surface area contributed by atoms with Crippen molar-refractivity contribution < 1.29 is 62.9 Å². The van der Waals surface area contributed by atoms with E-state index in [1.165, 1.54) is 66.8 Å². The van der Waals surface area contributed by atoms with Crippen LogP contribution in [-0.4, -0.2) is 255 Å². The zero-order valence-corrected chi connectivity index (χ0v) is 95.9. The second-order valence-corrected chi connectivity index (χ2v) is 56.7. The maximum atomic E-state index is 13.5. The zero-order chi connectivity index (χ0) is 108. The van der Waals surface area contributed by atoms with Gasteiger partial charge in [0, 0.05) is 114 Å². The van der Waals surface area contributed by atoms with E-state index < -0.39 is 46.7 Å². The van der Waals surface area contributed by atoms with Gasteiger partial charge in [-0.15, -0.1) is 0 Å². The number of hydrogen-bond donors (Lipinski definition) is 8. The van der Waals surface area contributed by atoms with Crippen molar-refractivity contribution in [3.05, 3.63) is 362 Å². The van der Waals surface area contributed by atoms with Crippen LogP contribution in [0.3, 0.4) is 0 Å². The summed E-state index contributed by atoms with van der Waals surface area (Å²) >= 11 is 36.6. The van der Waals surface area contributed by atoms with Crippen LogP contribution in [0.5, 0.6) is 0 Å². The summed E-state index contributed by atoms with van der Waals surface area (Å²) in [6.07, 6.45) is 5.21. The number of fused-ring (bicyclic) bond motifs is 7. The van der Waals surface area contributed by atoms with E-state index in [1.807, 2.05) is 139 Å². The average molecular weight is 2200 g/mol. The number of piperidine rings is 1. The maximum Gasteiger partial charge on any atom is 0.407 e. The van der Waals surface area contributed by atoms with Gasteiger partial charge in [0.05, 0.1) is 97.2 Å². The number of likely N-dealkylation sites (N-methyl/N-ethyl adjacent to an activating group) is 4. The number of aliphatic hydroxyl groups is 7. The molecular weight excluding hydrogens is 2050 g/mol. The van der Waals surface area contributed by atoms with E-state index in [0.29, 0.717) is 62.8 Å². The highest BCUT2D eigenvalue weighted by molar-refractivity contribution is 7.00. The Morgan fingerprint density at radius 1 is 0.347 bits per heavy atom. The predicted molar refractivity (Wildman–Crippen MR) is 608 cm³/mol. The minimum atomic E-state index is -2.62. The highest BCUT2D eigenvalue weighted by atomic mass is 35.5. The van der Waals surface area contributed by atoms with Crippen LogP contribution in [0.1, 0.15) is 208 Å². The van der Waals surface area contributed by atoms with Gasteiger partial charge in [-0.05, 0) is 279 Å². The third-order valence-corrected chi connectivity index (χ3v) is 42.8. The fraction of sp³-hybridized carbons (Fsp3) is 0.446. The Morgan fingerprint density at radius 2 is 0.673 bits per heavy atom. The summed E-state index contributed by atoms with van der Waals surface area (Å²) in [4.78, 5) is 27.0. The smallest absolute Gasteiger partial charge is 0.407 e. The molecule has 150 heavy (non-hydrogen) atoms. The van der Waals surface area contributed by atoms with Gasteiger partial charge in [-0.25, -0.2) is 13.6 Å². The van der Waals surface area contributed by atoms with Crippen LogP contribution < -0.4 is 26.1 Å². The molecule has 3 fully saturated rings. The van der Waals surface area contributed by atoms with E-state index in [9.17, 15) is 49.3 Å². The van der Waals surface area contributed by atoms with Crippen molar-refractivity contribution in [3.8, 4) is 0 Å². The third-order valence-electron chi connectivity index (χ3n) is 31.1. The number of rotatable bonds is 16. The number of carbonyl (C=O) groups is 1. The van der Waals surface area contributed by atoms with E-state index in [0.717, 1.165) is 127 Å². The van der Waals surface area contributed by atoms with E-state index in [-0.39, 0.29) is 107 Å². The molecule has 21 rings (SSSR count). The molecule has 29 heteroatoms. The van der Waals surface area contributed by atoms with Gasteiger partial charge in [-0.2, -0.15) is 0 Å². The van der Waals surface area contributed by atoms with Crippen molar-refractivity contribution in [3.63, 3.8) is 0 Å². The summed E-state index contributed by atoms with van der Waals surface area (Å²) in [5, 5.41) is 83.7. The first-order valence-electron chi connectivity index (χ1n) is 52.5. The van der Waals surface area contributed by atoms with Crippen molar-refractivity contribution in [2.24, 2.45) is 0 Å². The zero-order valence-electron chi connectivity index (χ0n) is 89.3. The summed E-state index contributed by atoms with van der Waals surface area (Å²) in [7, 11) is 10.2. The largest absolute Gasteiger partial charge is 0.444 e. The van der Waals surface area contributed by atoms with E-state index in [1.54, 1.807) is 24.3 Å². The predicted octanol–water partition coefficient (Wildman–Crippen LogP) is 20.2. The number of nitrogens with zero attached hydrogens (tertiary/aromatic N) is 7. The topological polar surface area (TPSA) is 221 Å². The van der Waals surface area contributed by atoms with Gasteiger partial charge >= 0.3 is 6.09 Å². The molecule has 804 valence electrons. The first-order chi connectivity index (χ1) is 71.1. The number of aliphatic hydroxyl groups excluding tert-OH is 7. The van der Waals surface area contributed by atoms with Crippen LogP contribution in [0.2, 0.25) is 40.2 Å². The molecule has 19 nitrogen and oxygen atoms in total. The van der Waals surface area contributed by atoms with Gasteiger partial charge in [0.25, 0.3) is 16.6 Å². The van der Waals surface area contributed by atoms with E-state index in [4.69, 9.17) is 83.2 Å². The molecule has 0 spiro atoms. The number of nitrogens with one attached hydrogen (secondary N) is 1. The molecule has 10 aliphatic rings. The van der Waals surface area contributed by atoms with Crippen LogP contribution >= 0.6 is 69.6 Å². The second-order valence-electron chi connectivity index (χ2n) is 45.7. The normalized spacial score (nSPS) is 24.7. The van der Waals surface area contributed by atoms with Gasteiger partial charge in [0.15, 0.2) is 0 Å². The lowest BCUT2D eigenvalue weighted by Crippen LogP contribution is -2.67. The number of amides is 1. The second kappa shape index (κ2) is 49.7. The van der Waals surface area contributed by atoms with Crippen LogP contribution in [0.25, 0.3) is 0 Å². The Hall–Kier alpha value is -7.92. The van der Waals surface area contributed by atoms with Crippen molar-refractivity contribution in [2.75, 3.05) is 95.6 Å². The molecule has 3 heterocycles. The molecule has 3 aliphatic heterocycles. The molecule has 7 aliphatic carbocycles. The van der Waals surface area contributed by atoms with E-state index >= 15 is 0 Å². The molecule has 17 atom stereocenters. The van der Waals surface area contributed by atoms with E-state index in [2.05, 4.69) is 219 Å². The number of halogens is 8. The number of likely N-dealkylation sites (tertiary alicyclic amines) is 3. The molecule has 0 radical (unpaired) electrons. The molecule has 0 aromatic heterocycles. The molecule has 3 saturated heterocycles. The maximum absolute atomic E-state index is 13.5. The van der Waals surface area contributed by atoms with Gasteiger partial charge in [0.2, 0.25) is 0 Å². The Kier molecular flexibility index (Phi) is 38.4. The number of carbonyl (C=O) groups excluding carboxylic acids is 1. The summed E-state index contributed by atoms with van der Waals surface area (Å²) in [6.45, 7) is 24.7. The summed E-state index contributed by atoms with van der Waals surface area (Å²) < 4.78 is 46.7. The van der Waals surface area contributed by atoms with Crippen LogP contribution in [-0.2, 0) is 58.5 Å². The summed E-state index contributed by atoms with van der Waals surface area (Å²) in [5.74, 6) is -0.550. The van der Waals surface area contributed by atoms with Crippen molar-refractivity contribution in [2.45, 2.75) is 252 Å². The molecule has 0 saturated carbocycles. The Labute approximate surface area is 918 Å². The first kappa shape index (κ1) is 116. The SMILES string of the molecule is CC(C)(C)OC(=O)N[C@@H]1CCCN([C@@H]2c3ccccc3C[C@H]2O)C1.CC(C)(C)[Si](O[C@@H]1CCN([C@@H]2c3cc(Cl)cc(Cl)c3C[C@H]2O)C1)(c1ccccc1)c1ccccc1.CC(C)(C)[Si](O[C@@H]1CCN([C@@H]2c3ccccc3C[C@H]2O)C1)(c1ccccc1)c1ccccc1.CN(C)[C@@H]1c2cc(Cl)cc(Cl)c2C[C@H]1O.CN(C)[C@@H]1c2cc(Cl)cc(F)c2C[C@H]1O.CN(C)[C@@H]1c2cc(Cl)ccc2C[C@H]1O.CN(C)[C@@H]1c2cc(F)ccc2C[C@H]1O. The highest BCUT2D eigenvalue weighted by Crippen LogP contribution is 2.49. The minimum absolute atomic E-state index is 0.00352. The standard InChI is InChI=1S/C29H33Cl2NO2Si.C29H35NO2Si.C19H28N2O3.C11H13Cl2NO.C11H13ClFNO.C11H14ClNO.C11H14FNO/c1-29(2,3)35(22-10-6-4-7-11-22,23-12-8-5-9-13-23)34-21-14-15-32(19-21)28-25-16-20(30)17-26(31)24(25)18-27(28)33;1-29(2,3)33(24-13-6-4-7-14-24,25-15-8-5-9-16-25)32-23-18-19-30(21-23)28-26-17-11-10-12-22(26)20-27(28)31;1-19(2,3)24-18(23)20-14-8-6-10-21(12-14)17-15-9-5-4-7-13(15)11-16(17)22;2*1-14(2)11-8-3-6(12)4-9(13)7(8)5-10(11)15;2*1-13(2)11-9-6-8(12)4-3-7(9)5-10(11)14/h4-13,16-17,21,27-28,33H,14-15,18-19H2,1-3H3;4-17,23,27-28,31H,18-21H2,1-3H3;4-5,7,9,14,16-17,22H,6,8,10-12H2,1-3H3,(H,20,23);2*3-4,10-11,15H,5H2,1-2H3;2*3-4,6,10-11,14H,5H2,1-2H3/t21-,27-,28-;23-,27-,28-;14-,16-,17-;4*10-,11-/m1111111/s1. The lowest BCUT2D eigenvalue weighted by Gasteiger charge is -2.44. The molecule has 0 bridgehead atoms. The van der Waals surface area contributed by atoms with Crippen molar-refractivity contribution in [1.82, 2.24) is 39.6 Å². The van der Waals surface area contributed by atoms with Crippen molar-refractivity contribution >= 4 is 113 Å². The molecule has 8 N–H and O–H groups in total. The lowest BCUT2D eigenvalue weighted by molar-refractivity contribution is 0.0302. The molecule has 0 unspecified atom stereocenters. The number of hydrogen-bond acceptors (Lipinski definition) is 18. The summed E-state index contributed by atoms with van der Waals surface area (Å²) in [5.41, 5.74) is 14.4. The third kappa shape index (κ3) is 26.3. The Bertz CT molecular complexity index is 6170. The number of ether oxygens (including phenoxy) is 1. The lowest BCUT2D eigenvalue weighted by atomic mass is 10.00. The fourth-order valence-electron chi connectivity index (χ4n) is 24.9.